The van der Waals surface area contributed by atoms with E-state index < -0.39 is 23.8 Å². The van der Waals surface area contributed by atoms with Crippen molar-refractivity contribution in [3.8, 4) is 5.75 Å². The van der Waals surface area contributed by atoms with Crippen molar-refractivity contribution in [2.24, 2.45) is 0 Å². The summed E-state index contributed by atoms with van der Waals surface area (Å²) in [7, 11) is 0. The zero-order valence-corrected chi connectivity index (χ0v) is 11.1. The molecule has 0 saturated carbocycles. The van der Waals surface area contributed by atoms with E-state index in [0.717, 1.165) is 11.6 Å². The van der Waals surface area contributed by atoms with Crippen LogP contribution in [0.25, 0.3) is 0 Å². The predicted molar refractivity (Wildman–Crippen MR) is 69.0 cm³/mol. The van der Waals surface area contributed by atoms with Gasteiger partial charge in [-0.05, 0) is 19.9 Å². The molecule has 0 aliphatic heterocycles. The molecule has 0 aliphatic carbocycles. The van der Waals surface area contributed by atoms with Gasteiger partial charge in [0.1, 0.15) is 11.4 Å². The third-order valence-corrected chi connectivity index (χ3v) is 2.70. The minimum Gasteiger partial charge on any atom is -0.449 e. The highest BCUT2D eigenvalue weighted by molar-refractivity contribution is 5.80. The molecule has 1 amide bonds. The van der Waals surface area contributed by atoms with Crippen LogP contribution in [0.3, 0.4) is 0 Å². The Balaban J connectivity index is 2.88. The van der Waals surface area contributed by atoms with Gasteiger partial charge >= 0.3 is 6.36 Å². The van der Waals surface area contributed by atoms with Crippen molar-refractivity contribution >= 4 is 17.3 Å². The van der Waals surface area contributed by atoms with Gasteiger partial charge in [-0.2, -0.15) is 4.39 Å². The van der Waals surface area contributed by atoms with E-state index in [0.29, 0.717) is 19.2 Å². The van der Waals surface area contributed by atoms with Crippen LogP contribution < -0.4 is 16.0 Å². The van der Waals surface area contributed by atoms with Crippen molar-refractivity contribution < 1.29 is 22.8 Å². The van der Waals surface area contributed by atoms with Gasteiger partial charge in [0, 0.05) is 19.2 Å². The maximum Gasteiger partial charge on any atom is 0.317 e. The third-order valence-electron chi connectivity index (χ3n) is 2.70. The number of ether oxygens (including phenoxy) is 1. The molecule has 0 saturated heterocycles. The summed E-state index contributed by atoms with van der Waals surface area (Å²) in [6, 6.07) is 1.61. The number of alkyl halides is 1. The normalized spacial score (nSPS) is 11.8. The number of nitrogens with zero attached hydrogens (tertiary/aromatic N) is 1. The number of likely N-dealkylation sites (N-methyl/N-ethyl adjacent to an activating group) is 1. The molecular weight excluding hydrogens is 275 g/mol. The predicted octanol–water partition coefficient (Wildman–Crippen LogP) is 2.25. The van der Waals surface area contributed by atoms with Crippen LogP contribution in [0.2, 0.25) is 0 Å². The molecule has 8 heteroatoms. The first-order valence-corrected chi connectivity index (χ1v) is 5.99. The highest BCUT2D eigenvalue weighted by Gasteiger charge is 2.25. The fraction of sp³-hybridized carbons (Fsp3) is 0.417. The number of anilines is 2. The first-order valence-electron chi connectivity index (χ1n) is 5.99. The lowest BCUT2D eigenvalue weighted by atomic mass is 10.2. The first kappa shape index (κ1) is 15.9. The molecule has 5 nitrogen and oxygen atoms in total. The summed E-state index contributed by atoms with van der Waals surface area (Å²) in [6.07, 6.45) is -2.30. The van der Waals surface area contributed by atoms with Gasteiger partial charge in [0.05, 0.1) is 5.69 Å². The molecule has 1 unspecified atom stereocenters. The lowest BCUT2D eigenvalue weighted by Gasteiger charge is -2.21. The third kappa shape index (κ3) is 3.46. The molecule has 0 fully saturated rings. The Morgan fingerprint density at radius 1 is 1.45 bits per heavy atom. The summed E-state index contributed by atoms with van der Waals surface area (Å²) >= 11 is 0. The number of nitrogen functional groups attached to an aromatic ring is 1. The van der Waals surface area contributed by atoms with Crippen molar-refractivity contribution in [1.29, 1.82) is 0 Å². The van der Waals surface area contributed by atoms with Gasteiger partial charge in [0.2, 0.25) is 0 Å². The molecule has 0 aliphatic rings. The van der Waals surface area contributed by atoms with Crippen LogP contribution in [0.15, 0.2) is 12.1 Å². The van der Waals surface area contributed by atoms with Crippen LogP contribution in [0.4, 0.5) is 24.6 Å². The van der Waals surface area contributed by atoms with Crippen LogP contribution in [0.5, 0.6) is 5.75 Å². The molecule has 0 bridgehead atoms. The lowest BCUT2D eigenvalue weighted by Crippen LogP contribution is -2.39. The standard InChI is InChI=1S/C12H16F3N3O2/c1-3-18(4-2)12(19)11(14)20-10-5-7(13)9(17-15)6-8(10)16/h5-6,11,17H,3-4,16H2,1-2H3. The summed E-state index contributed by atoms with van der Waals surface area (Å²) in [5.41, 5.74) is 5.87. The number of hydrogen-bond acceptors (Lipinski definition) is 4. The van der Waals surface area contributed by atoms with Gasteiger partial charge in [-0.25, -0.2) is 9.93 Å². The second-order valence-corrected chi connectivity index (χ2v) is 3.91. The Kier molecular flexibility index (Phi) is 5.48. The van der Waals surface area contributed by atoms with Gasteiger partial charge in [-0.15, -0.1) is 4.48 Å². The molecule has 20 heavy (non-hydrogen) atoms. The molecule has 1 atom stereocenters. The number of nitrogens with one attached hydrogen (secondary N) is 1. The van der Waals surface area contributed by atoms with Crippen molar-refractivity contribution in [3.63, 3.8) is 0 Å². The molecule has 3 N–H and O–H groups in total. The van der Waals surface area contributed by atoms with Crippen molar-refractivity contribution in [2.45, 2.75) is 20.2 Å². The second-order valence-electron chi connectivity index (χ2n) is 3.91. The zero-order valence-electron chi connectivity index (χ0n) is 11.1. The molecule has 0 heterocycles. The Labute approximate surface area is 114 Å². The summed E-state index contributed by atoms with van der Waals surface area (Å²) in [6.45, 7) is 4.00. The number of amides is 1. The quantitative estimate of drug-likeness (QED) is 0.623. The van der Waals surface area contributed by atoms with E-state index in [2.05, 4.69) is 0 Å². The molecular formula is C12H16F3N3O2. The molecule has 0 spiro atoms. The van der Waals surface area contributed by atoms with E-state index in [9.17, 15) is 18.1 Å². The Morgan fingerprint density at radius 2 is 2.05 bits per heavy atom. The summed E-state index contributed by atoms with van der Waals surface area (Å²) in [4.78, 5) is 12.9. The number of halogens is 3. The summed E-state index contributed by atoms with van der Waals surface area (Å²) in [5, 5.41) is 0. The van der Waals surface area contributed by atoms with Crippen LogP contribution in [-0.4, -0.2) is 30.3 Å². The highest BCUT2D eigenvalue weighted by Crippen LogP contribution is 2.29. The fourth-order valence-corrected chi connectivity index (χ4v) is 1.59. The molecule has 112 valence electrons. The summed E-state index contributed by atoms with van der Waals surface area (Å²) < 4.78 is 43.9. The van der Waals surface area contributed by atoms with E-state index >= 15 is 0 Å². The monoisotopic (exact) mass is 291 g/mol. The highest BCUT2D eigenvalue weighted by atomic mass is 19.2. The number of carbonyl (C=O) groups is 1. The van der Waals surface area contributed by atoms with Crippen LogP contribution >= 0.6 is 0 Å². The van der Waals surface area contributed by atoms with Gasteiger partial charge < -0.3 is 15.4 Å². The largest absolute Gasteiger partial charge is 0.449 e. The minimum atomic E-state index is -2.30. The van der Waals surface area contributed by atoms with Gasteiger partial charge in [0.15, 0.2) is 5.82 Å². The number of nitrogens with two attached hydrogens (primary N) is 1. The Hall–Kier alpha value is -2.12. The van der Waals surface area contributed by atoms with E-state index in [1.165, 1.54) is 4.90 Å². The second kappa shape index (κ2) is 6.88. The number of rotatable bonds is 6. The topological polar surface area (TPSA) is 67.6 Å². The zero-order chi connectivity index (χ0) is 15.3. The number of carbonyl (C=O) groups excluding carboxylic acids is 1. The van der Waals surface area contributed by atoms with E-state index in [1.54, 1.807) is 13.8 Å². The molecule has 0 aromatic heterocycles. The fourth-order valence-electron chi connectivity index (χ4n) is 1.59. The maximum absolute atomic E-state index is 13.7. The van der Waals surface area contributed by atoms with E-state index in [-0.39, 0.29) is 11.4 Å². The lowest BCUT2D eigenvalue weighted by molar-refractivity contribution is -0.146. The van der Waals surface area contributed by atoms with Gasteiger partial charge in [-0.3, -0.25) is 4.79 Å². The number of hydrogen-bond donors (Lipinski definition) is 2. The van der Waals surface area contributed by atoms with Crippen molar-refractivity contribution in [2.75, 3.05) is 24.4 Å². The minimum absolute atomic E-state index is 0.193. The summed E-state index contributed by atoms with van der Waals surface area (Å²) in [5.74, 6) is -2.27. The SMILES string of the molecule is CCN(CC)C(=O)C(F)Oc1cc(F)c(NF)cc1N. The molecule has 1 aromatic carbocycles. The Bertz CT molecular complexity index is 481. The maximum atomic E-state index is 13.7. The molecule has 0 radical (unpaired) electrons. The van der Waals surface area contributed by atoms with E-state index in [1.807, 2.05) is 0 Å². The smallest absolute Gasteiger partial charge is 0.317 e. The average Bonchev–Trinajstić information content (AvgIpc) is 2.43. The molecule has 1 aromatic rings. The van der Waals surface area contributed by atoms with Crippen LogP contribution in [0.1, 0.15) is 13.8 Å². The van der Waals surface area contributed by atoms with Gasteiger partial charge in [0.25, 0.3) is 5.91 Å². The Morgan fingerprint density at radius 3 is 2.55 bits per heavy atom. The van der Waals surface area contributed by atoms with Crippen LogP contribution in [0, 0.1) is 5.82 Å². The first-order chi connectivity index (χ1) is 9.44. The van der Waals surface area contributed by atoms with E-state index in [4.69, 9.17) is 10.5 Å². The average molecular weight is 291 g/mol. The molecule has 1 rings (SSSR count). The number of benzene rings is 1. The van der Waals surface area contributed by atoms with Gasteiger partial charge in [-0.1, -0.05) is 0 Å². The van der Waals surface area contributed by atoms with Crippen LogP contribution in [-0.2, 0) is 4.79 Å². The van der Waals surface area contributed by atoms with Crippen molar-refractivity contribution in [3.05, 3.63) is 17.9 Å². The van der Waals surface area contributed by atoms with Crippen molar-refractivity contribution in [1.82, 2.24) is 4.90 Å².